The lowest BCUT2D eigenvalue weighted by molar-refractivity contribution is -0.0497. The Hall–Kier alpha value is -0.0400. The SMILES string of the molecule is CC(NCC1CCCCC1)C1C2CC3CC(C2)CC1C3. The third-order valence-corrected chi connectivity index (χ3v) is 7.33. The van der Waals surface area contributed by atoms with Gasteiger partial charge in [-0.25, -0.2) is 0 Å². The Labute approximate surface area is 125 Å². The second-order valence-corrected chi connectivity index (χ2v) is 8.71. The zero-order valence-corrected chi connectivity index (χ0v) is 13.3. The van der Waals surface area contributed by atoms with Crippen LogP contribution in [0.4, 0.5) is 0 Å². The van der Waals surface area contributed by atoms with Crippen LogP contribution in [-0.4, -0.2) is 12.6 Å². The summed E-state index contributed by atoms with van der Waals surface area (Å²) in [6, 6.07) is 0.784. The monoisotopic (exact) mass is 275 g/mol. The fourth-order valence-electron chi connectivity index (χ4n) is 6.66. The molecule has 0 aliphatic heterocycles. The maximum Gasteiger partial charge on any atom is 0.00724 e. The molecule has 114 valence electrons. The molecule has 5 fully saturated rings. The molecule has 1 nitrogen and oxygen atoms in total. The largest absolute Gasteiger partial charge is 0.314 e. The second kappa shape index (κ2) is 5.63. The molecule has 0 saturated heterocycles. The summed E-state index contributed by atoms with van der Waals surface area (Å²) in [6.45, 7) is 3.82. The number of rotatable bonds is 4. The van der Waals surface area contributed by atoms with Crippen molar-refractivity contribution in [3.63, 3.8) is 0 Å². The average Bonchev–Trinajstić information content (AvgIpc) is 2.45. The van der Waals surface area contributed by atoms with Crippen LogP contribution in [0.25, 0.3) is 0 Å². The van der Waals surface area contributed by atoms with Gasteiger partial charge in [0.15, 0.2) is 0 Å². The molecule has 1 atom stereocenters. The zero-order valence-electron chi connectivity index (χ0n) is 13.3. The van der Waals surface area contributed by atoms with Crippen LogP contribution in [0.15, 0.2) is 0 Å². The maximum absolute atomic E-state index is 3.98. The van der Waals surface area contributed by atoms with Crippen LogP contribution < -0.4 is 5.32 Å². The standard InChI is InChI=1S/C19H33N/c1-13(20-12-14-5-3-2-4-6-14)19-17-8-15-7-16(10-17)11-18(19)9-15/h13-20H,2-12H2,1H3. The normalized spacial score (nSPS) is 45.8. The van der Waals surface area contributed by atoms with Gasteiger partial charge in [0.1, 0.15) is 0 Å². The Balaban J connectivity index is 1.33. The highest BCUT2D eigenvalue weighted by Crippen LogP contribution is 2.57. The van der Waals surface area contributed by atoms with E-state index in [1.165, 1.54) is 38.6 Å². The van der Waals surface area contributed by atoms with Gasteiger partial charge in [0.25, 0.3) is 0 Å². The molecule has 0 aromatic rings. The first-order valence-corrected chi connectivity index (χ1v) is 9.53. The maximum atomic E-state index is 3.98. The molecule has 0 heterocycles. The lowest BCUT2D eigenvalue weighted by atomic mass is 9.50. The van der Waals surface area contributed by atoms with Crippen molar-refractivity contribution < 1.29 is 0 Å². The van der Waals surface area contributed by atoms with Crippen molar-refractivity contribution >= 4 is 0 Å². The summed E-state index contributed by atoms with van der Waals surface area (Å²) in [5.41, 5.74) is 0. The van der Waals surface area contributed by atoms with E-state index in [0.29, 0.717) is 0 Å². The topological polar surface area (TPSA) is 12.0 Å². The van der Waals surface area contributed by atoms with E-state index in [0.717, 1.165) is 41.5 Å². The van der Waals surface area contributed by atoms with Crippen molar-refractivity contribution in [1.82, 2.24) is 5.32 Å². The third-order valence-electron chi connectivity index (χ3n) is 7.33. The minimum atomic E-state index is 0.784. The van der Waals surface area contributed by atoms with Crippen LogP contribution in [0.1, 0.15) is 71.1 Å². The Bertz CT molecular complexity index is 303. The van der Waals surface area contributed by atoms with Crippen molar-refractivity contribution in [1.29, 1.82) is 0 Å². The molecule has 1 N–H and O–H groups in total. The second-order valence-electron chi connectivity index (χ2n) is 8.71. The Morgan fingerprint density at radius 3 is 2.05 bits per heavy atom. The summed E-state index contributed by atoms with van der Waals surface area (Å²) in [4.78, 5) is 0. The molecule has 0 radical (unpaired) electrons. The molecule has 5 saturated carbocycles. The molecular formula is C19H33N. The van der Waals surface area contributed by atoms with E-state index in [1.54, 1.807) is 32.1 Å². The van der Waals surface area contributed by atoms with Gasteiger partial charge in [0.05, 0.1) is 0 Å². The van der Waals surface area contributed by atoms with E-state index in [9.17, 15) is 0 Å². The highest BCUT2D eigenvalue weighted by atomic mass is 14.9. The molecule has 0 amide bonds. The van der Waals surface area contributed by atoms with Crippen LogP contribution >= 0.6 is 0 Å². The summed E-state index contributed by atoms with van der Waals surface area (Å²) in [7, 11) is 0. The minimum Gasteiger partial charge on any atom is -0.314 e. The minimum absolute atomic E-state index is 0.784. The molecule has 5 rings (SSSR count). The van der Waals surface area contributed by atoms with E-state index in [4.69, 9.17) is 0 Å². The first-order chi connectivity index (χ1) is 9.79. The van der Waals surface area contributed by atoms with Crippen molar-refractivity contribution in [2.75, 3.05) is 6.54 Å². The zero-order chi connectivity index (χ0) is 13.5. The molecule has 20 heavy (non-hydrogen) atoms. The van der Waals surface area contributed by atoms with E-state index in [1.807, 2.05) is 0 Å². The van der Waals surface area contributed by atoms with Gasteiger partial charge in [-0.2, -0.15) is 0 Å². The predicted molar refractivity (Wildman–Crippen MR) is 84.6 cm³/mol. The van der Waals surface area contributed by atoms with Crippen molar-refractivity contribution in [3.05, 3.63) is 0 Å². The van der Waals surface area contributed by atoms with Gasteiger partial charge in [-0.1, -0.05) is 19.3 Å². The quantitative estimate of drug-likeness (QED) is 0.789. The highest BCUT2D eigenvalue weighted by Gasteiger charge is 2.49. The first-order valence-electron chi connectivity index (χ1n) is 9.53. The summed E-state index contributed by atoms with van der Waals surface area (Å²) >= 11 is 0. The lowest BCUT2D eigenvalue weighted by Gasteiger charge is -2.56. The lowest BCUT2D eigenvalue weighted by Crippen LogP contribution is -2.52. The van der Waals surface area contributed by atoms with Gasteiger partial charge in [0.2, 0.25) is 0 Å². The number of hydrogen-bond donors (Lipinski definition) is 1. The van der Waals surface area contributed by atoms with Gasteiger partial charge in [-0.15, -0.1) is 0 Å². The van der Waals surface area contributed by atoms with Crippen molar-refractivity contribution in [3.8, 4) is 0 Å². The Morgan fingerprint density at radius 2 is 1.45 bits per heavy atom. The average molecular weight is 275 g/mol. The van der Waals surface area contributed by atoms with Crippen LogP contribution in [-0.2, 0) is 0 Å². The molecule has 5 aliphatic rings. The van der Waals surface area contributed by atoms with E-state index in [2.05, 4.69) is 12.2 Å². The molecule has 0 aromatic carbocycles. The molecule has 1 heteroatoms. The molecular weight excluding hydrogens is 242 g/mol. The van der Waals surface area contributed by atoms with E-state index >= 15 is 0 Å². The fourth-order valence-corrected chi connectivity index (χ4v) is 6.66. The van der Waals surface area contributed by atoms with Gasteiger partial charge >= 0.3 is 0 Å². The Kier molecular flexibility index (Phi) is 3.83. The van der Waals surface area contributed by atoms with Crippen LogP contribution in [0, 0.1) is 35.5 Å². The summed E-state index contributed by atoms with van der Waals surface area (Å²) in [5, 5.41) is 3.98. The molecule has 4 bridgehead atoms. The van der Waals surface area contributed by atoms with Gasteiger partial charge in [-0.05, 0) is 93.9 Å². The van der Waals surface area contributed by atoms with E-state index in [-0.39, 0.29) is 0 Å². The highest BCUT2D eigenvalue weighted by molar-refractivity contribution is 5.00. The van der Waals surface area contributed by atoms with Crippen molar-refractivity contribution in [2.45, 2.75) is 77.2 Å². The van der Waals surface area contributed by atoms with Gasteiger partial charge in [-0.3, -0.25) is 0 Å². The van der Waals surface area contributed by atoms with Gasteiger partial charge in [0, 0.05) is 6.04 Å². The smallest absolute Gasteiger partial charge is 0.00724 e. The number of nitrogens with one attached hydrogen (secondary N) is 1. The molecule has 5 aliphatic carbocycles. The number of hydrogen-bond acceptors (Lipinski definition) is 1. The molecule has 0 aromatic heterocycles. The first kappa shape index (κ1) is 13.6. The van der Waals surface area contributed by atoms with Crippen molar-refractivity contribution in [2.24, 2.45) is 35.5 Å². The summed E-state index contributed by atoms with van der Waals surface area (Å²) in [6.07, 6.45) is 15.3. The van der Waals surface area contributed by atoms with Crippen LogP contribution in [0.5, 0.6) is 0 Å². The molecule has 1 unspecified atom stereocenters. The van der Waals surface area contributed by atoms with Gasteiger partial charge < -0.3 is 5.32 Å². The fraction of sp³-hybridized carbons (Fsp3) is 1.00. The summed E-state index contributed by atoms with van der Waals surface area (Å²) in [5.74, 6) is 6.42. The Morgan fingerprint density at radius 1 is 0.850 bits per heavy atom. The molecule has 0 spiro atoms. The third kappa shape index (κ3) is 2.56. The van der Waals surface area contributed by atoms with Crippen LogP contribution in [0.3, 0.4) is 0 Å². The van der Waals surface area contributed by atoms with Crippen LogP contribution in [0.2, 0.25) is 0 Å². The summed E-state index contributed by atoms with van der Waals surface area (Å²) < 4.78 is 0. The van der Waals surface area contributed by atoms with E-state index < -0.39 is 0 Å². The predicted octanol–water partition coefficient (Wildman–Crippen LogP) is 4.62.